The van der Waals surface area contributed by atoms with E-state index in [0.717, 1.165) is 37.1 Å². The van der Waals surface area contributed by atoms with Gasteiger partial charge in [0.1, 0.15) is 0 Å². The number of anilines is 2. The van der Waals surface area contributed by atoms with Crippen molar-refractivity contribution in [3.63, 3.8) is 0 Å². The average Bonchev–Trinajstić information content (AvgIpc) is 2.76. The van der Waals surface area contributed by atoms with Gasteiger partial charge in [-0.1, -0.05) is 53.4 Å². The summed E-state index contributed by atoms with van der Waals surface area (Å²) in [7, 11) is 0. The molecule has 0 atom stereocenters. The molecular formula is C28H44N2. The van der Waals surface area contributed by atoms with Crippen LogP contribution in [0.15, 0.2) is 24.3 Å². The third-order valence-electron chi connectivity index (χ3n) is 6.23. The molecule has 4 N–H and O–H groups in total. The zero-order chi connectivity index (χ0) is 21.9. The van der Waals surface area contributed by atoms with Crippen LogP contribution in [0.5, 0.6) is 0 Å². The van der Waals surface area contributed by atoms with E-state index in [1.54, 1.807) is 0 Å². The minimum Gasteiger partial charge on any atom is -0.398 e. The van der Waals surface area contributed by atoms with Gasteiger partial charge >= 0.3 is 0 Å². The molecule has 2 rings (SSSR count). The van der Waals surface area contributed by atoms with Crippen molar-refractivity contribution < 1.29 is 0 Å². The molecule has 0 aromatic heterocycles. The summed E-state index contributed by atoms with van der Waals surface area (Å²) in [4.78, 5) is 0. The van der Waals surface area contributed by atoms with E-state index in [-0.39, 0.29) is 0 Å². The van der Waals surface area contributed by atoms with Crippen molar-refractivity contribution in [3.05, 3.63) is 46.5 Å². The number of rotatable bonds is 13. The number of hydrogen-bond acceptors (Lipinski definition) is 2. The fraction of sp³-hybridized carbons (Fsp3) is 0.571. The monoisotopic (exact) mass is 408 g/mol. The fourth-order valence-electron chi connectivity index (χ4n) is 4.19. The zero-order valence-electron chi connectivity index (χ0n) is 19.9. The Bertz CT molecular complexity index is 666. The van der Waals surface area contributed by atoms with Gasteiger partial charge in [-0.3, -0.25) is 0 Å². The summed E-state index contributed by atoms with van der Waals surface area (Å²) >= 11 is 0. The largest absolute Gasteiger partial charge is 0.398 e. The molecule has 0 aliphatic carbocycles. The third-order valence-corrected chi connectivity index (χ3v) is 6.23. The Kier molecular flexibility index (Phi) is 10.3. The fourth-order valence-corrected chi connectivity index (χ4v) is 4.19. The topological polar surface area (TPSA) is 52.0 Å². The summed E-state index contributed by atoms with van der Waals surface area (Å²) in [5.74, 6) is 0. The van der Waals surface area contributed by atoms with Gasteiger partial charge < -0.3 is 11.5 Å². The van der Waals surface area contributed by atoms with Crippen molar-refractivity contribution in [1.29, 1.82) is 0 Å². The number of nitrogens with two attached hydrogens (primary N) is 2. The van der Waals surface area contributed by atoms with Crippen LogP contribution in [0.2, 0.25) is 0 Å². The Hall–Kier alpha value is -1.96. The van der Waals surface area contributed by atoms with Crippen LogP contribution in [-0.4, -0.2) is 0 Å². The highest BCUT2D eigenvalue weighted by molar-refractivity contribution is 5.74. The Labute approximate surface area is 185 Å². The number of benzene rings is 2. The predicted molar refractivity (Wildman–Crippen MR) is 135 cm³/mol. The van der Waals surface area contributed by atoms with Crippen LogP contribution in [0.3, 0.4) is 0 Å². The molecule has 0 aliphatic rings. The van der Waals surface area contributed by atoms with Crippen LogP contribution < -0.4 is 11.5 Å². The lowest BCUT2D eigenvalue weighted by molar-refractivity contribution is 0.782. The number of unbranched alkanes of at least 4 members (excludes halogenated alkanes) is 4. The summed E-state index contributed by atoms with van der Waals surface area (Å²) in [5.41, 5.74) is 23.2. The molecule has 2 aromatic rings. The van der Waals surface area contributed by atoms with Gasteiger partial charge in [0.15, 0.2) is 0 Å². The molecule has 0 radical (unpaired) electrons. The Morgan fingerprint density at radius 3 is 0.900 bits per heavy atom. The van der Waals surface area contributed by atoms with Crippen molar-refractivity contribution >= 4 is 11.4 Å². The summed E-state index contributed by atoms with van der Waals surface area (Å²) in [6.07, 6.45) is 13.8. The molecule has 2 aromatic carbocycles. The van der Waals surface area contributed by atoms with E-state index < -0.39 is 0 Å². The minimum atomic E-state index is 1.02. The van der Waals surface area contributed by atoms with E-state index in [9.17, 15) is 0 Å². The van der Waals surface area contributed by atoms with Gasteiger partial charge in [-0.2, -0.15) is 0 Å². The molecule has 2 nitrogen and oxygen atoms in total. The zero-order valence-corrected chi connectivity index (χ0v) is 19.9. The van der Waals surface area contributed by atoms with Crippen molar-refractivity contribution in [2.75, 3.05) is 11.5 Å². The summed E-state index contributed by atoms with van der Waals surface area (Å²) in [5, 5.41) is 0. The summed E-state index contributed by atoms with van der Waals surface area (Å²) < 4.78 is 0. The molecule has 30 heavy (non-hydrogen) atoms. The van der Waals surface area contributed by atoms with Gasteiger partial charge in [-0.25, -0.2) is 0 Å². The molecule has 166 valence electrons. The third kappa shape index (κ3) is 6.52. The van der Waals surface area contributed by atoms with E-state index in [2.05, 4.69) is 52.0 Å². The molecule has 0 saturated heterocycles. The van der Waals surface area contributed by atoms with Crippen molar-refractivity contribution in [3.8, 4) is 11.1 Å². The normalized spacial score (nSPS) is 11.2. The van der Waals surface area contributed by atoms with Gasteiger partial charge in [-0.05, 0) is 109 Å². The quantitative estimate of drug-likeness (QED) is 0.331. The van der Waals surface area contributed by atoms with Gasteiger partial charge in [0.25, 0.3) is 0 Å². The molecule has 0 fully saturated rings. The van der Waals surface area contributed by atoms with E-state index >= 15 is 0 Å². The molecule has 0 heterocycles. The maximum absolute atomic E-state index is 6.61. The van der Waals surface area contributed by atoms with Crippen LogP contribution in [0.25, 0.3) is 11.1 Å². The lowest BCUT2D eigenvalue weighted by atomic mass is 9.89. The highest BCUT2D eigenvalue weighted by Gasteiger charge is 2.13. The van der Waals surface area contributed by atoms with Gasteiger partial charge in [0.05, 0.1) is 0 Å². The van der Waals surface area contributed by atoms with E-state index in [1.807, 2.05) is 0 Å². The maximum Gasteiger partial charge on any atom is 0.0379 e. The Morgan fingerprint density at radius 1 is 0.467 bits per heavy atom. The van der Waals surface area contributed by atoms with Crippen LogP contribution in [0.1, 0.15) is 101 Å². The molecule has 0 saturated carbocycles. The number of nitrogen functional groups attached to an aromatic ring is 2. The van der Waals surface area contributed by atoms with E-state index in [1.165, 1.54) is 84.7 Å². The smallest absolute Gasteiger partial charge is 0.0379 e. The van der Waals surface area contributed by atoms with Gasteiger partial charge in [0.2, 0.25) is 0 Å². The van der Waals surface area contributed by atoms with Crippen molar-refractivity contribution in [1.82, 2.24) is 0 Å². The van der Waals surface area contributed by atoms with Gasteiger partial charge in [0, 0.05) is 11.4 Å². The van der Waals surface area contributed by atoms with Crippen LogP contribution in [0, 0.1) is 0 Å². The molecular weight excluding hydrogens is 364 g/mol. The summed E-state index contributed by atoms with van der Waals surface area (Å²) in [6.45, 7) is 8.99. The van der Waals surface area contributed by atoms with Crippen LogP contribution in [-0.2, 0) is 25.7 Å². The second-order valence-corrected chi connectivity index (χ2v) is 8.83. The van der Waals surface area contributed by atoms with Crippen LogP contribution in [0.4, 0.5) is 11.4 Å². The highest BCUT2D eigenvalue weighted by atomic mass is 14.6. The first-order valence-corrected chi connectivity index (χ1v) is 12.4. The second-order valence-electron chi connectivity index (χ2n) is 8.83. The molecule has 0 amide bonds. The molecule has 0 spiro atoms. The second kappa shape index (κ2) is 12.7. The lowest BCUT2D eigenvalue weighted by Gasteiger charge is -2.18. The first-order chi connectivity index (χ1) is 14.5. The minimum absolute atomic E-state index is 1.02. The van der Waals surface area contributed by atoms with Crippen LogP contribution >= 0.6 is 0 Å². The maximum atomic E-state index is 6.61. The average molecular weight is 409 g/mol. The van der Waals surface area contributed by atoms with Crippen molar-refractivity contribution in [2.24, 2.45) is 0 Å². The predicted octanol–water partition coefficient (Wildman–Crippen LogP) is 7.89. The van der Waals surface area contributed by atoms with Crippen molar-refractivity contribution in [2.45, 2.75) is 105 Å². The van der Waals surface area contributed by atoms with Gasteiger partial charge in [-0.15, -0.1) is 0 Å². The molecule has 2 heteroatoms. The molecule has 0 aliphatic heterocycles. The Balaban J connectivity index is 2.55. The number of aryl methyl sites for hydroxylation is 4. The standard InChI is InChI=1S/C28H44N2/c1-5-9-13-21-17-25(18-22(27(21)29)14-10-6-2)26-19-23(15-11-7-3)28(30)24(20-26)16-12-8-4/h17-20H,5-16,29-30H2,1-4H3. The molecule has 0 unspecified atom stereocenters. The van der Waals surface area contributed by atoms with E-state index in [0.29, 0.717) is 0 Å². The lowest BCUT2D eigenvalue weighted by Crippen LogP contribution is -2.04. The highest BCUT2D eigenvalue weighted by Crippen LogP contribution is 2.34. The van der Waals surface area contributed by atoms with E-state index in [4.69, 9.17) is 11.5 Å². The summed E-state index contributed by atoms with van der Waals surface area (Å²) in [6, 6.07) is 9.39. The Morgan fingerprint density at radius 2 is 0.700 bits per heavy atom. The first-order valence-electron chi connectivity index (χ1n) is 12.4. The first kappa shape index (κ1) is 24.3. The SMILES string of the molecule is CCCCc1cc(-c2cc(CCCC)c(N)c(CCCC)c2)cc(CCCC)c1N. The molecule has 0 bridgehead atoms. The number of hydrogen-bond donors (Lipinski definition) is 2.